The molecule has 0 saturated heterocycles. The van der Waals surface area contributed by atoms with Crippen molar-refractivity contribution in [1.29, 1.82) is 0 Å². The van der Waals surface area contributed by atoms with E-state index in [-0.39, 0.29) is 83.8 Å². The van der Waals surface area contributed by atoms with E-state index >= 15 is 0 Å². The summed E-state index contributed by atoms with van der Waals surface area (Å²) in [5, 5.41) is 20.6. The minimum absolute atomic E-state index is 0. The summed E-state index contributed by atoms with van der Waals surface area (Å²) in [5.74, 6) is 1.82. The van der Waals surface area contributed by atoms with Crippen LogP contribution in [0.25, 0.3) is 0 Å². The molecule has 11 aromatic heterocycles. The minimum atomic E-state index is -0.204. The lowest BCUT2D eigenvalue weighted by atomic mass is 9.91. The van der Waals surface area contributed by atoms with Gasteiger partial charge in [-0.15, -0.1) is 68.0 Å². The molecular weight excluding hydrogens is 1530 g/mol. The number of halogens is 4. The zero-order chi connectivity index (χ0) is 84.5. The highest BCUT2D eigenvalue weighted by molar-refractivity contribution is 7.16. The first-order chi connectivity index (χ1) is 49.2. The summed E-state index contributed by atoms with van der Waals surface area (Å²) < 4.78 is 50.2. The van der Waals surface area contributed by atoms with Crippen LogP contribution in [-0.2, 0) is 66.6 Å². The lowest BCUT2D eigenvalue weighted by molar-refractivity contribution is 0.375. The molecule has 0 bridgehead atoms. The molecule has 0 aromatic carbocycles. The van der Waals surface area contributed by atoms with Gasteiger partial charge in [-0.1, -0.05) is 275 Å². The Labute approximate surface area is 695 Å². The Balaban J connectivity index is 0.00000119. The maximum atomic E-state index is 12.9. The molecule has 110 heavy (non-hydrogen) atoms. The van der Waals surface area contributed by atoms with Gasteiger partial charge in [0.25, 0.3) is 0 Å². The van der Waals surface area contributed by atoms with Crippen molar-refractivity contribution in [3.05, 3.63) is 208 Å². The second-order valence-corrected chi connectivity index (χ2v) is 45.1. The largest absolute Gasteiger partial charge is 0.364 e. The van der Waals surface area contributed by atoms with Crippen molar-refractivity contribution in [2.45, 2.75) is 323 Å². The molecule has 23 heteroatoms. The first kappa shape index (κ1) is 104. The van der Waals surface area contributed by atoms with Crippen LogP contribution in [0.4, 0.5) is 13.2 Å². The fourth-order valence-corrected chi connectivity index (χ4v) is 13.9. The fraction of sp³-hybridized carbons (Fsp3) is 0.575. The molecule has 11 aromatic rings. The van der Waals surface area contributed by atoms with Crippen LogP contribution in [0.3, 0.4) is 0 Å². The van der Waals surface area contributed by atoms with E-state index in [4.69, 9.17) is 20.6 Å². The summed E-state index contributed by atoms with van der Waals surface area (Å²) in [6.07, 6.45) is 14.1. The standard InChI is InChI=1S/C10H15N.2C8H11FS.C8H14N2.C8H13NO.2C8H13NS.C7H10ClNS.C7H10FNS.C7H11NO.C7H11NS.CH4/c1-8-5-6-9(11-7-8)10(2,3)4;1-8(2,3)7-4-6(9)5-10-7;1-8(2,3)7-6(9)4-5-10-7;1-8(2,3)7-9-5-6-10(7)4;1-6-5-7(9-10-6)8(2,3)4;1-6-5-10-7(9-6)8(2,3)4;1-6-5-9-7(10-6)8(2,3)4;2*1-7(2,3)6-9-4-5(8)10-6;1-7(2,3)6-4-5-9-8-6;1-7(2,3)6-8-4-5-9-6;/h5-7H,1-4H3;2*4-5H,1-3H3;5-6H,1-4H3;3*5H,1-4H3;2*4H,1-3H3;2*4-5H,1-3H3;1H4. The van der Waals surface area contributed by atoms with Gasteiger partial charge in [-0.3, -0.25) is 4.98 Å². The van der Waals surface area contributed by atoms with Crippen LogP contribution in [0.15, 0.2) is 117 Å². The summed E-state index contributed by atoms with van der Waals surface area (Å²) in [5.41, 5.74) is 6.94. The predicted octanol–water partition coefficient (Wildman–Crippen LogP) is 29.3. The summed E-state index contributed by atoms with van der Waals surface area (Å²) >= 11 is 16.6. The zero-order valence-electron chi connectivity index (χ0n) is 73.1. The van der Waals surface area contributed by atoms with Crippen molar-refractivity contribution < 1.29 is 22.2 Å². The number of aromatic nitrogens is 10. The number of thiophene rings is 2. The van der Waals surface area contributed by atoms with Crippen LogP contribution in [-0.4, -0.2) is 49.8 Å². The quantitative estimate of drug-likeness (QED) is 0.143. The molecule has 0 amide bonds. The summed E-state index contributed by atoms with van der Waals surface area (Å²) in [4.78, 5) is 32.9. The van der Waals surface area contributed by atoms with Gasteiger partial charge in [0.1, 0.15) is 38.8 Å². The Morgan fingerprint density at radius 3 is 1.15 bits per heavy atom. The summed E-state index contributed by atoms with van der Waals surface area (Å²) in [6.45, 7) is 78.1. The lowest BCUT2D eigenvalue weighted by Crippen LogP contribution is -2.16. The van der Waals surface area contributed by atoms with Crippen molar-refractivity contribution in [2.75, 3.05) is 0 Å². The van der Waals surface area contributed by atoms with Crippen LogP contribution in [0.5, 0.6) is 0 Å². The molecule has 0 N–H and O–H groups in total. The van der Waals surface area contributed by atoms with Crippen molar-refractivity contribution in [3.63, 3.8) is 0 Å². The maximum Gasteiger partial charge on any atom is 0.196 e. The molecule has 11 rings (SSSR count). The third-order valence-corrected chi connectivity index (χ3v) is 23.5. The molecule has 12 nitrogen and oxygen atoms in total. The number of nitrogens with zero attached hydrogens (tertiary/aromatic N) is 10. The number of hydrogen-bond acceptors (Lipinski definition) is 18. The molecule has 0 aliphatic heterocycles. The number of hydrogen-bond donors (Lipinski definition) is 0. The van der Waals surface area contributed by atoms with Gasteiger partial charge in [0, 0.05) is 141 Å². The smallest absolute Gasteiger partial charge is 0.196 e. The Morgan fingerprint density at radius 1 is 0.418 bits per heavy atom. The van der Waals surface area contributed by atoms with Gasteiger partial charge < -0.3 is 13.6 Å². The molecule has 0 fully saturated rings. The Bertz CT molecular complexity index is 3760. The second-order valence-electron chi connectivity index (χ2n) is 37.6. The second kappa shape index (κ2) is 44.3. The van der Waals surface area contributed by atoms with Crippen LogP contribution in [0.1, 0.15) is 316 Å². The number of thiazole rings is 5. The average molecular weight is 1670 g/mol. The van der Waals surface area contributed by atoms with Crippen molar-refractivity contribution >= 4 is 91.0 Å². The van der Waals surface area contributed by atoms with E-state index in [1.165, 1.54) is 60.4 Å². The number of rotatable bonds is 0. The molecule has 0 saturated carbocycles. The third kappa shape index (κ3) is 42.0. The Hall–Kier alpha value is -5.59. The molecule has 0 spiro atoms. The van der Waals surface area contributed by atoms with Crippen molar-refractivity contribution in [1.82, 2.24) is 49.8 Å². The van der Waals surface area contributed by atoms with Crippen LogP contribution in [0.2, 0.25) is 4.34 Å². The first-order valence-corrected chi connectivity index (χ1v) is 42.8. The van der Waals surface area contributed by atoms with Crippen LogP contribution < -0.4 is 0 Å². The first-order valence-electron chi connectivity index (χ1n) is 36.5. The van der Waals surface area contributed by atoms with Crippen LogP contribution in [0, 0.1) is 44.5 Å². The number of pyridine rings is 1. The van der Waals surface area contributed by atoms with Crippen molar-refractivity contribution in [2.24, 2.45) is 7.05 Å². The van der Waals surface area contributed by atoms with Gasteiger partial charge in [0.15, 0.2) is 5.13 Å². The van der Waals surface area contributed by atoms with Crippen molar-refractivity contribution in [3.8, 4) is 0 Å². The molecule has 616 valence electrons. The molecule has 11 heterocycles. The van der Waals surface area contributed by atoms with Gasteiger partial charge in [-0.25, -0.2) is 38.7 Å². The average Bonchev–Trinajstić information content (AvgIpc) is 1.60. The van der Waals surface area contributed by atoms with E-state index in [2.05, 4.69) is 268 Å². The van der Waals surface area contributed by atoms with Crippen LogP contribution >= 0.6 is 91.0 Å². The highest BCUT2D eigenvalue weighted by atomic mass is 35.5. The normalized spacial score (nSPS) is 11.8. The highest BCUT2D eigenvalue weighted by Crippen LogP contribution is 2.33. The topological polar surface area (TPSA) is 147 Å². The minimum Gasteiger partial charge on any atom is -0.364 e. The number of aryl methyl sites for hydroxylation is 5. The fourth-order valence-electron chi connectivity index (χ4n) is 8.05. The molecule has 0 unspecified atom stereocenters. The molecule has 0 atom stereocenters. The van der Waals surface area contributed by atoms with E-state index in [0.717, 1.165) is 69.8 Å². The van der Waals surface area contributed by atoms with Gasteiger partial charge in [-0.2, -0.15) is 4.39 Å². The van der Waals surface area contributed by atoms with E-state index in [0.29, 0.717) is 0 Å². The molecule has 0 aliphatic rings. The molecule has 0 aliphatic carbocycles. The van der Waals surface area contributed by atoms with Gasteiger partial charge in [0.2, 0.25) is 0 Å². The third-order valence-electron chi connectivity index (χ3n) is 14.2. The zero-order valence-corrected chi connectivity index (χ0v) is 79.5. The van der Waals surface area contributed by atoms with Gasteiger partial charge in [0.05, 0.1) is 43.8 Å². The van der Waals surface area contributed by atoms with Gasteiger partial charge in [-0.05, 0) is 67.7 Å². The summed E-state index contributed by atoms with van der Waals surface area (Å²) in [7, 11) is 2.02. The van der Waals surface area contributed by atoms with E-state index in [9.17, 15) is 13.2 Å². The molecular formula is C87H136ClF3N10O2S7. The molecule has 0 radical (unpaired) electrons. The SMILES string of the molecule is C.CC(C)(C)c1cc(F)cs1.CC(C)(C)c1ccon1.CC(C)(C)c1ncc(Cl)s1.CC(C)(C)c1ncc(F)s1.CC(C)(C)c1nccs1.CC(C)(C)c1sccc1F.Cc1cc(C(C)(C)C)no1.Cc1ccc(C(C)(C)C)nc1.Cc1cnc(C(C)(C)C)s1.Cc1csc(C(C)(C)C)n1.Cn1ccnc1C(C)(C)C. The Morgan fingerprint density at radius 2 is 0.936 bits per heavy atom. The number of imidazole rings is 1. The monoisotopic (exact) mass is 1670 g/mol. The van der Waals surface area contributed by atoms with E-state index in [1.807, 2.05) is 111 Å². The van der Waals surface area contributed by atoms with E-state index in [1.54, 1.807) is 74.6 Å². The van der Waals surface area contributed by atoms with E-state index < -0.39 is 0 Å². The Kier molecular flexibility index (Phi) is 42.1. The maximum absolute atomic E-state index is 12.9. The summed E-state index contributed by atoms with van der Waals surface area (Å²) in [6, 6.07) is 11.2. The highest BCUT2D eigenvalue weighted by Gasteiger charge is 2.24. The van der Waals surface area contributed by atoms with Gasteiger partial charge >= 0.3 is 0 Å². The predicted molar refractivity (Wildman–Crippen MR) is 476 cm³/mol. The lowest BCUT2D eigenvalue weighted by Gasteiger charge is -2.17.